The Morgan fingerprint density at radius 2 is 1.68 bits per heavy atom. The van der Waals surface area contributed by atoms with E-state index in [2.05, 4.69) is 15.3 Å². The van der Waals surface area contributed by atoms with Gasteiger partial charge in [-0.3, -0.25) is 19.6 Å². The van der Waals surface area contributed by atoms with Crippen molar-refractivity contribution in [1.82, 2.24) is 15.3 Å². The van der Waals surface area contributed by atoms with E-state index in [0.717, 1.165) is 22.2 Å². The number of Topliss-reactive ketones (excluding diaryl/α,β-unsaturated/α-hetero) is 1. The molecule has 0 aliphatic carbocycles. The molecule has 31 heavy (non-hydrogen) atoms. The van der Waals surface area contributed by atoms with Gasteiger partial charge >= 0.3 is 0 Å². The van der Waals surface area contributed by atoms with Crippen LogP contribution in [0.5, 0.6) is 0 Å². The second kappa shape index (κ2) is 11.3. The molecule has 0 saturated heterocycles. The number of nitrogens with one attached hydrogen (secondary N) is 1. The number of carbonyl (C=O) groups excluding carboxylic acids is 2. The van der Waals surface area contributed by atoms with E-state index in [9.17, 15) is 9.59 Å². The lowest BCUT2D eigenvalue weighted by Gasteiger charge is -2.20. The van der Waals surface area contributed by atoms with Crippen LogP contribution < -0.4 is 16.8 Å². The van der Waals surface area contributed by atoms with Gasteiger partial charge in [-0.25, -0.2) is 0 Å². The van der Waals surface area contributed by atoms with Crippen molar-refractivity contribution in [2.45, 2.75) is 44.2 Å². The van der Waals surface area contributed by atoms with E-state index in [-0.39, 0.29) is 18.1 Å². The topological polar surface area (TPSA) is 124 Å². The summed E-state index contributed by atoms with van der Waals surface area (Å²) in [6.07, 6.45) is 5.80. The summed E-state index contributed by atoms with van der Waals surface area (Å²) in [5.41, 5.74) is 15.0. The number of rotatable bonds is 11. The molecule has 7 heteroatoms. The molecule has 1 aromatic heterocycles. The number of benzene rings is 2. The summed E-state index contributed by atoms with van der Waals surface area (Å²) >= 11 is 0. The Morgan fingerprint density at radius 1 is 0.935 bits per heavy atom. The maximum Gasteiger partial charge on any atom is 0.237 e. The van der Waals surface area contributed by atoms with Crippen molar-refractivity contribution < 1.29 is 9.59 Å². The summed E-state index contributed by atoms with van der Waals surface area (Å²) in [4.78, 5) is 34.2. The quantitative estimate of drug-likeness (QED) is 0.436. The van der Waals surface area contributed by atoms with E-state index in [1.54, 1.807) is 12.4 Å². The Morgan fingerprint density at radius 3 is 2.42 bits per heavy atom. The SMILES string of the molecule is NCCC[C@H](N)C(=O)N[C@H](CCc1ccccc1)C(=O)Cc1ccc2nccnc2c1. The molecular formula is C24H29N5O2. The molecule has 3 aromatic rings. The van der Waals surface area contributed by atoms with Gasteiger partial charge in [0.2, 0.25) is 5.91 Å². The fraction of sp³-hybridized carbons (Fsp3) is 0.333. The van der Waals surface area contributed by atoms with E-state index in [1.165, 1.54) is 0 Å². The van der Waals surface area contributed by atoms with Crippen molar-refractivity contribution in [3.05, 3.63) is 72.1 Å². The largest absolute Gasteiger partial charge is 0.345 e. The third-order valence-corrected chi connectivity index (χ3v) is 5.24. The summed E-state index contributed by atoms with van der Waals surface area (Å²) < 4.78 is 0. The molecule has 2 aromatic carbocycles. The van der Waals surface area contributed by atoms with Crippen molar-refractivity contribution in [2.75, 3.05) is 6.54 Å². The van der Waals surface area contributed by atoms with Crippen LogP contribution in [0.15, 0.2) is 60.9 Å². The molecule has 1 amide bonds. The van der Waals surface area contributed by atoms with Crippen molar-refractivity contribution in [2.24, 2.45) is 11.5 Å². The van der Waals surface area contributed by atoms with Crippen LogP contribution in [0.3, 0.4) is 0 Å². The standard InChI is InChI=1S/C24H29N5O2/c25-12-4-7-19(26)24(31)29-21(11-8-17-5-2-1-3-6-17)23(30)16-18-9-10-20-22(15-18)28-14-13-27-20/h1-3,5-6,9-10,13-15,19,21H,4,7-8,11-12,16,25-26H2,(H,29,31)/t19-,21+/m0/s1. The fourth-order valence-corrected chi connectivity index (χ4v) is 3.46. The van der Waals surface area contributed by atoms with Gasteiger partial charge < -0.3 is 16.8 Å². The third kappa shape index (κ3) is 6.67. The first-order valence-corrected chi connectivity index (χ1v) is 10.6. The summed E-state index contributed by atoms with van der Waals surface area (Å²) in [5.74, 6) is -0.372. The van der Waals surface area contributed by atoms with Crippen LogP contribution >= 0.6 is 0 Å². The zero-order valence-corrected chi connectivity index (χ0v) is 17.5. The second-order valence-electron chi connectivity index (χ2n) is 7.65. The van der Waals surface area contributed by atoms with Gasteiger partial charge in [0.1, 0.15) is 0 Å². The van der Waals surface area contributed by atoms with Crippen LogP contribution in [0.25, 0.3) is 11.0 Å². The maximum atomic E-state index is 13.1. The predicted molar refractivity (Wildman–Crippen MR) is 121 cm³/mol. The highest BCUT2D eigenvalue weighted by molar-refractivity contribution is 5.92. The van der Waals surface area contributed by atoms with E-state index in [4.69, 9.17) is 11.5 Å². The Balaban J connectivity index is 1.71. The number of hydrogen-bond donors (Lipinski definition) is 3. The molecule has 0 saturated carbocycles. The molecule has 5 N–H and O–H groups in total. The lowest BCUT2D eigenvalue weighted by Crippen LogP contribution is -2.49. The van der Waals surface area contributed by atoms with Crippen molar-refractivity contribution in [1.29, 1.82) is 0 Å². The number of ketones is 1. The van der Waals surface area contributed by atoms with Gasteiger partial charge in [-0.05, 0) is 55.5 Å². The number of amides is 1. The minimum atomic E-state index is -0.675. The number of carbonyl (C=O) groups is 2. The predicted octanol–water partition coefficient (Wildman–Crippen LogP) is 1.93. The lowest BCUT2D eigenvalue weighted by molar-refractivity contribution is -0.128. The minimum Gasteiger partial charge on any atom is -0.345 e. The smallest absolute Gasteiger partial charge is 0.237 e. The maximum absolute atomic E-state index is 13.1. The van der Waals surface area contributed by atoms with Crippen molar-refractivity contribution >= 4 is 22.7 Å². The molecule has 0 radical (unpaired) electrons. The van der Waals surface area contributed by atoms with Gasteiger partial charge in [-0.2, -0.15) is 0 Å². The fourth-order valence-electron chi connectivity index (χ4n) is 3.46. The average molecular weight is 420 g/mol. The molecule has 0 spiro atoms. The normalized spacial score (nSPS) is 13.0. The molecule has 0 fully saturated rings. The molecule has 0 aliphatic rings. The molecule has 0 unspecified atom stereocenters. The van der Waals surface area contributed by atoms with Gasteiger partial charge in [0, 0.05) is 18.8 Å². The number of aromatic nitrogens is 2. The lowest BCUT2D eigenvalue weighted by atomic mass is 9.97. The van der Waals surface area contributed by atoms with Crippen LogP contribution in [0.2, 0.25) is 0 Å². The Hall–Kier alpha value is -3.16. The van der Waals surface area contributed by atoms with Gasteiger partial charge in [-0.15, -0.1) is 0 Å². The molecule has 0 aliphatic heterocycles. The third-order valence-electron chi connectivity index (χ3n) is 5.24. The first kappa shape index (κ1) is 22.5. The highest BCUT2D eigenvalue weighted by Crippen LogP contribution is 2.14. The van der Waals surface area contributed by atoms with Crippen molar-refractivity contribution in [3.8, 4) is 0 Å². The van der Waals surface area contributed by atoms with Gasteiger partial charge in [0.05, 0.1) is 23.1 Å². The highest BCUT2D eigenvalue weighted by atomic mass is 16.2. The second-order valence-corrected chi connectivity index (χ2v) is 7.65. The zero-order chi connectivity index (χ0) is 22.1. The number of hydrogen-bond acceptors (Lipinski definition) is 6. The van der Waals surface area contributed by atoms with Gasteiger partial charge in [-0.1, -0.05) is 36.4 Å². The molecule has 162 valence electrons. The Labute approximate surface area is 182 Å². The van der Waals surface area contributed by atoms with Gasteiger partial charge in [0.25, 0.3) is 0 Å². The molecule has 7 nitrogen and oxygen atoms in total. The average Bonchev–Trinajstić information content (AvgIpc) is 2.80. The minimum absolute atomic E-state index is 0.0569. The zero-order valence-electron chi connectivity index (χ0n) is 17.5. The number of nitrogens with two attached hydrogens (primary N) is 2. The number of aryl methyl sites for hydroxylation is 1. The first-order chi connectivity index (χ1) is 15.1. The van der Waals surface area contributed by atoms with Crippen LogP contribution in [-0.2, 0) is 22.4 Å². The molecule has 2 atom stereocenters. The first-order valence-electron chi connectivity index (χ1n) is 10.6. The van der Waals surface area contributed by atoms with E-state index < -0.39 is 12.1 Å². The van der Waals surface area contributed by atoms with Gasteiger partial charge in [0.15, 0.2) is 5.78 Å². The summed E-state index contributed by atoms with van der Waals surface area (Å²) in [5, 5.41) is 2.87. The Bertz CT molecular complexity index is 1010. The molecule has 3 rings (SSSR count). The number of fused-ring (bicyclic) bond motifs is 1. The van der Waals surface area contributed by atoms with E-state index >= 15 is 0 Å². The molecule has 1 heterocycles. The van der Waals surface area contributed by atoms with Crippen LogP contribution in [-0.4, -0.2) is 40.3 Å². The summed E-state index contributed by atoms with van der Waals surface area (Å²) in [6, 6.07) is 14.2. The summed E-state index contributed by atoms with van der Waals surface area (Å²) in [7, 11) is 0. The highest BCUT2D eigenvalue weighted by Gasteiger charge is 2.23. The molecular weight excluding hydrogens is 390 g/mol. The van der Waals surface area contributed by atoms with Crippen LogP contribution in [0, 0.1) is 0 Å². The van der Waals surface area contributed by atoms with E-state index in [1.807, 2.05) is 48.5 Å². The van der Waals surface area contributed by atoms with E-state index in [0.29, 0.717) is 32.2 Å². The number of nitrogens with zero attached hydrogens (tertiary/aromatic N) is 2. The van der Waals surface area contributed by atoms with Crippen LogP contribution in [0.4, 0.5) is 0 Å². The van der Waals surface area contributed by atoms with Crippen LogP contribution in [0.1, 0.15) is 30.4 Å². The molecule has 0 bridgehead atoms. The Kier molecular flexibility index (Phi) is 8.20. The van der Waals surface area contributed by atoms with Crippen molar-refractivity contribution in [3.63, 3.8) is 0 Å². The monoisotopic (exact) mass is 419 g/mol. The summed E-state index contributed by atoms with van der Waals surface area (Å²) in [6.45, 7) is 0.474.